The molecule has 2 aromatic rings. The van der Waals surface area contributed by atoms with Crippen molar-refractivity contribution in [2.75, 3.05) is 26.2 Å². The van der Waals surface area contributed by atoms with Crippen LogP contribution in [0, 0.1) is 5.92 Å². The molecule has 0 unspecified atom stereocenters. The van der Waals surface area contributed by atoms with Crippen molar-refractivity contribution in [2.45, 2.75) is 50.9 Å². The van der Waals surface area contributed by atoms with Crippen LogP contribution >= 0.6 is 0 Å². The first-order valence-corrected chi connectivity index (χ1v) is 11.3. The Morgan fingerprint density at radius 2 is 1.57 bits per heavy atom. The second kappa shape index (κ2) is 8.20. The number of benzene rings is 1. The number of carbonyl (C=O) groups is 2. The largest absolute Gasteiger partial charge is 0.339 e. The number of carbonyl (C=O) groups excluding carboxylic acids is 2. The third-order valence-corrected chi connectivity index (χ3v) is 6.73. The van der Waals surface area contributed by atoms with Gasteiger partial charge < -0.3 is 9.80 Å². The van der Waals surface area contributed by atoms with Gasteiger partial charge in [0.1, 0.15) is 0 Å². The van der Waals surface area contributed by atoms with Crippen LogP contribution in [0.2, 0.25) is 0 Å². The highest BCUT2D eigenvalue weighted by Gasteiger charge is 2.36. The van der Waals surface area contributed by atoms with Crippen LogP contribution in [-0.2, 0) is 4.79 Å². The number of rotatable bonds is 5. The number of hydrogen-bond donors (Lipinski definition) is 0. The molecule has 158 valence electrons. The number of amides is 2. The molecule has 2 aliphatic carbocycles. The lowest BCUT2D eigenvalue weighted by Crippen LogP contribution is -2.51. The van der Waals surface area contributed by atoms with Crippen LogP contribution in [0.1, 0.15) is 67.0 Å². The minimum Gasteiger partial charge on any atom is -0.339 e. The fourth-order valence-electron chi connectivity index (χ4n) is 4.82. The molecule has 2 amide bonds. The van der Waals surface area contributed by atoms with Gasteiger partial charge in [0, 0.05) is 38.5 Å². The summed E-state index contributed by atoms with van der Waals surface area (Å²) in [6.07, 6.45) is 7.70. The lowest BCUT2D eigenvalue weighted by molar-refractivity contribution is -0.133. The van der Waals surface area contributed by atoms with Crippen LogP contribution < -0.4 is 0 Å². The van der Waals surface area contributed by atoms with Crippen molar-refractivity contribution < 1.29 is 9.59 Å². The van der Waals surface area contributed by atoms with E-state index in [0.29, 0.717) is 50.1 Å². The molecule has 1 aliphatic heterocycles. The van der Waals surface area contributed by atoms with Crippen LogP contribution in [0.4, 0.5) is 0 Å². The van der Waals surface area contributed by atoms with Gasteiger partial charge in [-0.25, -0.2) is 4.68 Å². The topological polar surface area (TPSA) is 71.3 Å². The van der Waals surface area contributed by atoms with E-state index in [1.807, 2.05) is 44.8 Å². The molecule has 1 saturated heterocycles. The lowest BCUT2D eigenvalue weighted by atomic mass is 10.0. The van der Waals surface area contributed by atoms with Crippen LogP contribution in [0.3, 0.4) is 0 Å². The van der Waals surface area contributed by atoms with Gasteiger partial charge >= 0.3 is 0 Å². The van der Waals surface area contributed by atoms with Crippen molar-refractivity contribution in [3.8, 4) is 5.69 Å². The van der Waals surface area contributed by atoms with Gasteiger partial charge in [-0.2, -0.15) is 0 Å². The van der Waals surface area contributed by atoms with Crippen molar-refractivity contribution >= 4 is 11.8 Å². The fourth-order valence-corrected chi connectivity index (χ4v) is 4.82. The Morgan fingerprint density at radius 1 is 0.900 bits per heavy atom. The summed E-state index contributed by atoms with van der Waals surface area (Å²) >= 11 is 0. The molecule has 7 heteroatoms. The van der Waals surface area contributed by atoms with E-state index >= 15 is 0 Å². The third kappa shape index (κ3) is 3.85. The Kier molecular flexibility index (Phi) is 5.27. The maximum atomic E-state index is 13.3. The van der Waals surface area contributed by atoms with E-state index in [1.54, 1.807) is 0 Å². The minimum atomic E-state index is -0.0537. The summed E-state index contributed by atoms with van der Waals surface area (Å²) < 4.78 is 1.83. The molecule has 2 saturated carbocycles. The molecular weight excluding hydrogens is 378 g/mol. The summed E-state index contributed by atoms with van der Waals surface area (Å²) in [6, 6.07) is 9.89. The van der Waals surface area contributed by atoms with E-state index < -0.39 is 0 Å². The van der Waals surface area contributed by atoms with Gasteiger partial charge in [0.25, 0.3) is 5.91 Å². The van der Waals surface area contributed by atoms with Gasteiger partial charge in [-0.15, -0.1) is 5.10 Å². The average Bonchev–Trinajstić information content (AvgIpc) is 3.31. The van der Waals surface area contributed by atoms with Gasteiger partial charge in [0.05, 0.1) is 11.4 Å². The van der Waals surface area contributed by atoms with Crippen molar-refractivity contribution in [3.63, 3.8) is 0 Å². The van der Waals surface area contributed by atoms with E-state index in [4.69, 9.17) is 0 Å². The number of piperazine rings is 1. The first-order valence-electron chi connectivity index (χ1n) is 11.3. The summed E-state index contributed by atoms with van der Waals surface area (Å²) in [7, 11) is 0. The predicted octanol–water partition coefficient (Wildman–Crippen LogP) is 3.01. The van der Waals surface area contributed by atoms with Crippen LogP contribution in [0.25, 0.3) is 5.69 Å². The van der Waals surface area contributed by atoms with Crippen molar-refractivity contribution in [2.24, 2.45) is 5.92 Å². The van der Waals surface area contributed by atoms with E-state index in [1.165, 1.54) is 25.7 Å². The Labute approximate surface area is 177 Å². The zero-order valence-electron chi connectivity index (χ0n) is 17.4. The first kappa shape index (κ1) is 19.3. The smallest absolute Gasteiger partial charge is 0.276 e. The zero-order valence-corrected chi connectivity index (χ0v) is 17.4. The van der Waals surface area contributed by atoms with E-state index in [9.17, 15) is 9.59 Å². The summed E-state index contributed by atoms with van der Waals surface area (Å²) in [5.41, 5.74) is 2.35. The number of para-hydroxylation sites is 1. The van der Waals surface area contributed by atoms with E-state index in [-0.39, 0.29) is 11.8 Å². The molecule has 0 atom stereocenters. The normalized spacial score (nSPS) is 20.0. The van der Waals surface area contributed by atoms with E-state index in [2.05, 4.69) is 10.3 Å². The SMILES string of the molecule is O=C(CC1CCCC1)N1CCN(C(=O)c2nnn(-c3ccccc3)c2C2CC2)CC1. The summed E-state index contributed by atoms with van der Waals surface area (Å²) in [5, 5.41) is 8.61. The van der Waals surface area contributed by atoms with Crippen molar-refractivity contribution in [1.29, 1.82) is 0 Å². The molecule has 3 aliphatic rings. The highest BCUT2D eigenvalue weighted by atomic mass is 16.2. The molecule has 2 heterocycles. The summed E-state index contributed by atoms with van der Waals surface area (Å²) in [6.45, 7) is 2.36. The molecule has 3 fully saturated rings. The van der Waals surface area contributed by atoms with Crippen LogP contribution in [0.15, 0.2) is 30.3 Å². The molecule has 0 N–H and O–H groups in total. The Bertz CT molecular complexity index is 907. The van der Waals surface area contributed by atoms with Gasteiger partial charge in [0.15, 0.2) is 5.69 Å². The Hall–Kier alpha value is -2.70. The molecule has 1 aromatic heterocycles. The molecule has 5 rings (SSSR count). The summed E-state index contributed by atoms with van der Waals surface area (Å²) in [5.74, 6) is 1.12. The van der Waals surface area contributed by atoms with Gasteiger partial charge in [0.2, 0.25) is 5.91 Å². The molecule has 7 nitrogen and oxygen atoms in total. The molecular formula is C23H29N5O2. The Morgan fingerprint density at radius 3 is 2.23 bits per heavy atom. The number of aromatic nitrogens is 3. The number of hydrogen-bond acceptors (Lipinski definition) is 4. The zero-order chi connectivity index (χ0) is 20.5. The van der Waals surface area contributed by atoms with E-state index in [0.717, 1.165) is 24.2 Å². The third-order valence-electron chi connectivity index (χ3n) is 6.73. The predicted molar refractivity (Wildman–Crippen MR) is 112 cm³/mol. The molecule has 0 radical (unpaired) electrons. The standard InChI is InChI=1S/C23H29N5O2/c29-20(16-17-6-4-5-7-17)26-12-14-27(15-13-26)23(30)21-22(18-10-11-18)28(25-24-21)19-8-2-1-3-9-19/h1-3,8-9,17-18H,4-7,10-16H2. The average molecular weight is 408 g/mol. The van der Waals surface area contributed by atoms with Gasteiger partial charge in [-0.1, -0.05) is 36.3 Å². The Balaban J connectivity index is 1.26. The maximum Gasteiger partial charge on any atom is 0.276 e. The highest BCUT2D eigenvalue weighted by Crippen LogP contribution is 2.42. The van der Waals surface area contributed by atoms with Gasteiger partial charge in [-0.3, -0.25) is 9.59 Å². The maximum absolute atomic E-state index is 13.3. The fraction of sp³-hybridized carbons (Fsp3) is 0.565. The molecule has 0 bridgehead atoms. The molecule has 0 spiro atoms. The van der Waals surface area contributed by atoms with Crippen LogP contribution in [0.5, 0.6) is 0 Å². The first-order chi connectivity index (χ1) is 14.7. The van der Waals surface area contributed by atoms with Crippen LogP contribution in [-0.4, -0.2) is 62.8 Å². The van der Waals surface area contributed by atoms with Crippen molar-refractivity contribution in [1.82, 2.24) is 24.8 Å². The second-order valence-electron chi connectivity index (χ2n) is 8.87. The lowest BCUT2D eigenvalue weighted by Gasteiger charge is -2.35. The van der Waals surface area contributed by atoms with Gasteiger partial charge in [-0.05, 0) is 43.7 Å². The summed E-state index contributed by atoms with van der Waals surface area (Å²) in [4.78, 5) is 29.6. The highest BCUT2D eigenvalue weighted by molar-refractivity contribution is 5.94. The molecule has 30 heavy (non-hydrogen) atoms. The number of nitrogens with zero attached hydrogens (tertiary/aromatic N) is 5. The second-order valence-corrected chi connectivity index (χ2v) is 8.87. The quantitative estimate of drug-likeness (QED) is 0.764. The molecule has 1 aromatic carbocycles. The minimum absolute atomic E-state index is 0.0537. The monoisotopic (exact) mass is 407 g/mol. The van der Waals surface area contributed by atoms with Crippen molar-refractivity contribution in [3.05, 3.63) is 41.7 Å².